The number of hydrogen-bond donors (Lipinski definition) is 0. The second-order valence-electron chi connectivity index (χ2n) is 4.21. The number of hydrogen-bond acceptors (Lipinski definition) is 4. The lowest BCUT2D eigenvalue weighted by molar-refractivity contribution is 1.38. The zero-order chi connectivity index (χ0) is 14.7. The van der Waals surface area contributed by atoms with E-state index in [-0.39, 0.29) is 0 Å². The maximum absolute atomic E-state index is 9.38. The highest BCUT2D eigenvalue weighted by Gasteiger charge is 2.10. The Morgan fingerprint density at radius 2 is 2.05 bits per heavy atom. The van der Waals surface area contributed by atoms with E-state index in [4.69, 9.17) is 11.6 Å². The van der Waals surface area contributed by atoms with Crippen molar-refractivity contribution in [3.05, 3.63) is 62.8 Å². The van der Waals surface area contributed by atoms with Crippen LogP contribution in [0.2, 0.25) is 5.02 Å². The van der Waals surface area contributed by atoms with Gasteiger partial charge in [0.15, 0.2) is 0 Å². The molecule has 2 aromatic heterocycles. The maximum Gasteiger partial charge on any atom is 0.134 e. The zero-order valence-corrected chi connectivity index (χ0v) is 13.2. The van der Waals surface area contributed by atoms with Gasteiger partial charge in [-0.05, 0) is 29.2 Å². The van der Waals surface area contributed by atoms with Crippen LogP contribution in [0.15, 0.2) is 47.2 Å². The van der Waals surface area contributed by atoms with Gasteiger partial charge in [-0.2, -0.15) is 5.26 Å². The number of aromatic nitrogens is 1. The van der Waals surface area contributed by atoms with Crippen molar-refractivity contribution in [2.45, 2.75) is 0 Å². The molecule has 3 aromatic rings. The van der Waals surface area contributed by atoms with Crippen LogP contribution in [0, 0.1) is 11.3 Å². The van der Waals surface area contributed by atoms with Gasteiger partial charge < -0.3 is 0 Å². The van der Waals surface area contributed by atoms with Crippen molar-refractivity contribution >= 4 is 45.9 Å². The second kappa shape index (κ2) is 6.23. The van der Waals surface area contributed by atoms with Gasteiger partial charge in [-0.3, -0.25) is 0 Å². The predicted octanol–water partition coefficient (Wildman–Crippen LogP) is 5.59. The van der Waals surface area contributed by atoms with Gasteiger partial charge in [-0.25, -0.2) is 4.98 Å². The molecule has 2 heterocycles. The fraction of sp³-hybridized carbons (Fsp3) is 0. The lowest BCUT2D eigenvalue weighted by Gasteiger charge is -1.98. The average molecular weight is 329 g/mol. The van der Waals surface area contributed by atoms with E-state index < -0.39 is 0 Å². The molecular formula is C16H9ClN2S2. The van der Waals surface area contributed by atoms with Gasteiger partial charge in [0.1, 0.15) is 11.1 Å². The Labute approximate surface area is 135 Å². The van der Waals surface area contributed by atoms with E-state index in [2.05, 4.69) is 11.1 Å². The topological polar surface area (TPSA) is 36.7 Å². The van der Waals surface area contributed by atoms with Crippen LogP contribution in [0.5, 0.6) is 0 Å². The number of benzene rings is 1. The molecule has 0 amide bonds. The van der Waals surface area contributed by atoms with E-state index in [0.717, 1.165) is 16.1 Å². The molecule has 0 radical (unpaired) electrons. The minimum absolute atomic E-state index is 0.524. The van der Waals surface area contributed by atoms with Crippen LogP contribution >= 0.6 is 34.3 Å². The van der Waals surface area contributed by atoms with Gasteiger partial charge in [-0.1, -0.05) is 35.9 Å². The van der Waals surface area contributed by atoms with Gasteiger partial charge in [0.2, 0.25) is 0 Å². The summed E-state index contributed by atoms with van der Waals surface area (Å²) in [6, 6.07) is 13.7. The third-order valence-electron chi connectivity index (χ3n) is 2.83. The molecule has 0 saturated heterocycles. The number of thiophene rings is 1. The van der Waals surface area contributed by atoms with Gasteiger partial charge in [0, 0.05) is 10.4 Å². The van der Waals surface area contributed by atoms with E-state index >= 15 is 0 Å². The highest BCUT2D eigenvalue weighted by molar-refractivity contribution is 7.14. The second-order valence-corrected chi connectivity index (χ2v) is 6.42. The number of nitrogens with zero attached hydrogens (tertiary/aromatic N) is 2. The van der Waals surface area contributed by atoms with Crippen LogP contribution in [-0.4, -0.2) is 4.98 Å². The summed E-state index contributed by atoms with van der Waals surface area (Å²) in [5.74, 6) is 0. The number of rotatable bonds is 3. The minimum atomic E-state index is 0.524. The molecule has 0 bridgehead atoms. The van der Waals surface area contributed by atoms with E-state index in [9.17, 15) is 5.26 Å². The molecule has 0 unspecified atom stereocenters. The molecule has 3 rings (SSSR count). The third-order valence-corrected chi connectivity index (χ3v) is 4.95. The third kappa shape index (κ3) is 3.06. The molecule has 0 saturated carbocycles. The summed E-state index contributed by atoms with van der Waals surface area (Å²) in [6.45, 7) is 0. The smallest absolute Gasteiger partial charge is 0.134 e. The first-order valence-electron chi connectivity index (χ1n) is 6.14. The largest absolute Gasteiger partial charge is 0.234 e. The van der Waals surface area contributed by atoms with E-state index in [1.807, 2.05) is 41.1 Å². The van der Waals surface area contributed by atoms with Gasteiger partial charge >= 0.3 is 0 Å². The first-order chi connectivity index (χ1) is 10.3. The van der Waals surface area contributed by atoms with Crippen LogP contribution in [0.3, 0.4) is 0 Å². The molecule has 0 aliphatic rings. The van der Waals surface area contributed by atoms with Gasteiger partial charge in [-0.15, -0.1) is 22.7 Å². The molecule has 102 valence electrons. The van der Waals surface area contributed by atoms with Crippen molar-refractivity contribution in [1.29, 1.82) is 5.26 Å². The SMILES string of the molecule is N#C/C(=C\c1ccccc1Cl)c1nc(-c2cccs2)cs1. The fourth-order valence-corrected chi connectivity index (χ4v) is 3.56. The number of halogens is 1. The van der Waals surface area contributed by atoms with Crippen molar-refractivity contribution < 1.29 is 0 Å². The van der Waals surface area contributed by atoms with Crippen molar-refractivity contribution in [2.75, 3.05) is 0 Å². The number of thiazole rings is 1. The lowest BCUT2D eigenvalue weighted by atomic mass is 10.1. The monoisotopic (exact) mass is 328 g/mol. The van der Waals surface area contributed by atoms with E-state index in [1.54, 1.807) is 23.5 Å². The standard InChI is InChI=1S/C16H9ClN2S2/c17-13-5-2-1-4-11(13)8-12(9-18)16-19-14(10-21-16)15-6-3-7-20-15/h1-8,10H/b12-8+. The summed E-state index contributed by atoms with van der Waals surface area (Å²) in [5.41, 5.74) is 2.25. The Morgan fingerprint density at radius 1 is 1.19 bits per heavy atom. The van der Waals surface area contributed by atoms with E-state index in [1.165, 1.54) is 11.3 Å². The summed E-state index contributed by atoms with van der Waals surface area (Å²) in [4.78, 5) is 5.65. The number of nitriles is 1. The van der Waals surface area contributed by atoms with Gasteiger partial charge in [0.05, 0.1) is 16.1 Å². The molecule has 0 fully saturated rings. The van der Waals surface area contributed by atoms with E-state index in [0.29, 0.717) is 15.6 Å². The van der Waals surface area contributed by atoms with Crippen LogP contribution in [0.4, 0.5) is 0 Å². The molecule has 5 heteroatoms. The molecule has 2 nitrogen and oxygen atoms in total. The Morgan fingerprint density at radius 3 is 2.76 bits per heavy atom. The molecule has 1 aromatic carbocycles. The van der Waals surface area contributed by atoms with Crippen LogP contribution < -0.4 is 0 Å². The predicted molar refractivity (Wildman–Crippen MR) is 90.4 cm³/mol. The molecule has 0 atom stereocenters. The zero-order valence-electron chi connectivity index (χ0n) is 10.8. The molecular weight excluding hydrogens is 320 g/mol. The highest BCUT2D eigenvalue weighted by Crippen LogP contribution is 2.30. The van der Waals surface area contributed by atoms with Crippen molar-refractivity contribution in [3.63, 3.8) is 0 Å². The normalized spacial score (nSPS) is 11.3. The Kier molecular flexibility index (Phi) is 4.16. The molecule has 0 N–H and O–H groups in total. The minimum Gasteiger partial charge on any atom is -0.234 e. The molecule has 21 heavy (non-hydrogen) atoms. The Bertz CT molecular complexity index is 826. The molecule has 0 aliphatic carbocycles. The quantitative estimate of drug-likeness (QED) is 0.588. The van der Waals surface area contributed by atoms with Crippen LogP contribution in [-0.2, 0) is 0 Å². The summed E-state index contributed by atoms with van der Waals surface area (Å²) in [5, 5.41) is 14.7. The van der Waals surface area contributed by atoms with Crippen molar-refractivity contribution in [2.24, 2.45) is 0 Å². The molecule has 0 aliphatic heterocycles. The summed E-state index contributed by atoms with van der Waals surface area (Å²) in [7, 11) is 0. The highest BCUT2D eigenvalue weighted by atomic mass is 35.5. The lowest BCUT2D eigenvalue weighted by Crippen LogP contribution is -1.82. The first-order valence-corrected chi connectivity index (χ1v) is 8.28. The van der Waals surface area contributed by atoms with Crippen LogP contribution in [0.1, 0.15) is 10.6 Å². The van der Waals surface area contributed by atoms with Crippen molar-refractivity contribution in [1.82, 2.24) is 4.98 Å². The Balaban J connectivity index is 1.98. The Hall–Kier alpha value is -1.93. The van der Waals surface area contributed by atoms with Crippen LogP contribution in [0.25, 0.3) is 22.2 Å². The fourth-order valence-electron chi connectivity index (χ4n) is 1.82. The average Bonchev–Trinajstić information content (AvgIpc) is 3.17. The summed E-state index contributed by atoms with van der Waals surface area (Å²) in [6.07, 6.45) is 1.78. The number of allylic oxidation sites excluding steroid dienone is 1. The van der Waals surface area contributed by atoms with Crippen molar-refractivity contribution in [3.8, 4) is 16.6 Å². The summed E-state index contributed by atoms with van der Waals surface area (Å²) >= 11 is 9.23. The summed E-state index contributed by atoms with van der Waals surface area (Å²) < 4.78 is 0. The van der Waals surface area contributed by atoms with Gasteiger partial charge in [0.25, 0.3) is 0 Å². The molecule has 0 spiro atoms. The maximum atomic E-state index is 9.38. The first kappa shape index (κ1) is 14.0.